The van der Waals surface area contributed by atoms with Crippen molar-refractivity contribution in [1.29, 1.82) is 0 Å². The Morgan fingerprint density at radius 2 is 2.00 bits per heavy atom. The second-order valence-electron chi connectivity index (χ2n) is 5.33. The van der Waals surface area contributed by atoms with Crippen molar-refractivity contribution in [2.75, 3.05) is 0 Å². The van der Waals surface area contributed by atoms with Crippen LogP contribution >= 0.6 is 11.6 Å². The van der Waals surface area contributed by atoms with E-state index in [1.807, 2.05) is 12.1 Å². The lowest BCUT2D eigenvalue weighted by Gasteiger charge is -2.08. The molecule has 1 fully saturated rings. The van der Waals surface area contributed by atoms with E-state index < -0.39 is 5.82 Å². The molecule has 3 nitrogen and oxygen atoms in total. The van der Waals surface area contributed by atoms with Gasteiger partial charge in [0.05, 0.1) is 16.6 Å². The van der Waals surface area contributed by atoms with Crippen molar-refractivity contribution in [3.8, 4) is 17.1 Å². The predicted octanol–water partition coefficient (Wildman–Crippen LogP) is 4.54. The Kier molecular flexibility index (Phi) is 2.69. The van der Waals surface area contributed by atoms with Gasteiger partial charge in [-0.05, 0) is 43.2 Å². The van der Waals surface area contributed by atoms with E-state index in [2.05, 4.69) is 9.55 Å². The van der Waals surface area contributed by atoms with Crippen molar-refractivity contribution in [2.24, 2.45) is 0 Å². The van der Waals surface area contributed by atoms with Crippen molar-refractivity contribution in [1.82, 2.24) is 9.55 Å². The number of phenols is 1. The molecule has 1 heterocycles. The normalized spacial score (nSPS) is 14.8. The van der Waals surface area contributed by atoms with Gasteiger partial charge in [-0.2, -0.15) is 0 Å². The van der Waals surface area contributed by atoms with Gasteiger partial charge < -0.3 is 9.67 Å². The topological polar surface area (TPSA) is 38.1 Å². The molecule has 106 valence electrons. The van der Waals surface area contributed by atoms with Crippen LogP contribution in [-0.2, 0) is 0 Å². The Labute approximate surface area is 125 Å². The monoisotopic (exact) mass is 302 g/mol. The molecule has 21 heavy (non-hydrogen) atoms. The highest BCUT2D eigenvalue weighted by molar-refractivity contribution is 6.31. The maximum absolute atomic E-state index is 14.2. The molecule has 0 atom stereocenters. The number of imidazole rings is 1. The fourth-order valence-electron chi connectivity index (χ4n) is 2.65. The van der Waals surface area contributed by atoms with Gasteiger partial charge in [0.1, 0.15) is 17.4 Å². The smallest absolute Gasteiger partial charge is 0.144 e. The molecule has 1 aliphatic rings. The molecule has 1 aromatic heterocycles. The Hall–Kier alpha value is -2.07. The predicted molar refractivity (Wildman–Crippen MR) is 80.1 cm³/mol. The first kappa shape index (κ1) is 12.7. The molecule has 0 spiro atoms. The standard InChI is InChI=1S/C16H12ClFN2O/c17-9-1-6-15-14(7-9)19-16(20(15)10-2-3-10)12-5-4-11(21)8-13(12)18/h1,4-8,10,21H,2-3H2. The van der Waals surface area contributed by atoms with Crippen LogP contribution in [0.3, 0.4) is 0 Å². The molecule has 0 amide bonds. The van der Waals surface area contributed by atoms with Crippen molar-refractivity contribution >= 4 is 22.6 Å². The van der Waals surface area contributed by atoms with Gasteiger partial charge in [-0.15, -0.1) is 0 Å². The third-order valence-corrected chi connectivity index (χ3v) is 3.99. The molecule has 0 saturated heterocycles. The lowest BCUT2D eigenvalue weighted by Crippen LogP contribution is -1.98. The Morgan fingerprint density at radius 1 is 1.19 bits per heavy atom. The fraction of sp³-hybridized carbons (Fsp3) is 0.188. The molecule has 0 bridgehead atoms. The van der Waals surface area contributed by atoms with E-state index in [1.54, 1.807) is 12.1 Å². The fourth-order valence-corrected chi connectivity index (χ4v) is 2.82. The number of rotatable bonds is 2. The van der Waals surface area contributed by atoms with Gasteiger partial charge in [0.25, 0.3) is 0 Å². The number of aromatic nitrogens is 2. The highest BCUT2D eigenvalue weighted by atomic mass is 35.5. The van der Waals surface area contributed by atoms with E-state index in [0.29, 0.717) is 22.5 Å². The number of nitrogens with zero attached hydrogens (tertiary/aromatic N) is 2. The summed E-state index contributed by atoms with van der Waals surface area (Å²) in [5, 5.41) is 9.98. The summed E-state index contributed by atoms with van der Waals surface area (Å²) in [7, 11) is 0. The Balaban J connectivity index is 2.01. The third-order valence-electron chi connectivity index (χ3n) is 3.76. The van der Waals surface area contributed by atoms with E-state index in [9.17, 15) is 9.50 Å². The molecule has 1 saturated carbocycles. The number of fused-ring (bicyclic) bond motifs is 1. The van der Waals surface area contributed by atoms with Crippen LogP contribution in [-0.4, -0.2) is 14.7 Å². The van der Waals surface area contributed by atoms with Crippen LogP contribution in [0, 0.1) is 5.82 Å². The average molecular weight is 303 g/mol. The van der Waals surface area contributed by atoms with E-state index >= 15 is 0 Å². The largest absolute Gasteiger partial charge is 0.508 e. The zero-order valence-electron chi connectivity index (χ0n) is 11.1. The molecule has 0 unspecified atom stereocenters. The highest BCUT2D eigenvalue weighted by Crippen LogP contribution is 2.42. The first-order valence-electron chi connectivity index (χ1n) is 6.80. The minimum absolute atomic E-state index is 0.0895. The minimum Gasteiger partial charge on any atom is -0.508 e. The van der Waals surface area contributed by atoms with Crippen molar-refractivity contribution in [3.05, 3.63) is 47.2 Å². The summed E-state index contributed by atoms with van der Waals surface area (Å²) in [6.45, 7) is 0. The van der Waals surface area contributed by atoms with E-state index in [-0.39, 0.29) is 5.75 Å². The highest BCUT2D eigenvalue weighted by Gasteiger charge is 2.29. The SMILES string of the molecule is Oc1ccc(-c2nc3cc(Cl)ccc3n2C2CC2)c(F)c1. The van der Waals surface area contributed by atoms with Gasteiger partial charge in [-0.3, -0.25) is 0 Å². The van der Waals surface area contributed by atoms with E-state index in [4.69, 9.17) is 11.6 Å². The molecule has 1 N–H and O–H groups in total. The summed E-state index contributed by atoms with van der Waals surface area (Å²) >= 11 is 6.02. The quantitative estimate of drug-likeness (QED) is 0.755. The maximum Gasteiger partial charge on any atom is 0.144 e. The van der Waals surface area contributed by atoms with Crippen LogP contribution < -0.4 is 0 Å². The summed E-state index contributed by atoms with van der Waals surface area (Å²) in [6.07, 6.45) is 2.14. The maximum atomic E-state index is 14.2. The first-order chi connectivity index (χ1) is 10.1. The van der Waals surface area contributed by atoms with Crippen molar-refractivity contribution < 1.29 is 9.50 Å². The number of hydrogen-bond donors (Lipinski definition) is 1. The van der Waals surface area contributed by atoms with Gasteiger partial charge in [-0.25, -0.2) is 9.37 Å². The number of aromatic hydroxyl groups is 1. The van der Waals surface area contributed by atoms with E-state index in [0.717, 1.165) is 29.9 Å². The third kappa shape index (κ3) is 2.07. The molecule has 0 aliphatic heterocycles. The summed E-state index contributed by atoms with van der Waals surface area (Å²) in [6, 6.07) is 10.0. The zero-order valence-corrected chi connectivity index (χ0v) is 11.8. The van der Waals surface area contributed by atoms with Gasteiger partial charge in [0.15, 0.2) is 0 Å². The minimum atomic E-state index is -0.474. The van der Waals surface area contributed by atoms with Gasteiger partial charge in [-0.1, -0.05) is 11.6 Å². The number of phenolic OH excluding ortho intramolecular Hbond substituents is 1. The summed E-state index contributed by atoms with van der Waals surface area (Å²) < 4.78 is 16.2. The molecule has 5 heteroatoms. The molecule has 3 aromatic rings. The van der Waals surface area contributed by atoms with Crippen LogP contribution in [0.4, 0.5) is 4.39 Å². The number of halogens is 2. The van der Waals surface area contributed by atoms with Crippen LogP contribution in [0.15, 0.2) is 36.4 Å². The van der Waals surface area contributed by atoms with Crippen LogP contribution in [0.1, 0.15) is 18.9 Å². The lowest BCUT2D eigenvalue weighted by molar-refractivity contribution is 0.469. The second-order valence-corrected chi connectivity index (χ2v) is 5.77. The van der Waals surface area contributed by atoms with Crippen LogP contribution in [0.5, 0.6) is 5.75 Å². The van der Waals surface area contributed by atoms with Gasteiger partial charge >= 0.3 is 0 Å². The summed E-state index contributed by atoms with van der Waals surface area (Å²) in [4.78, 5) is 4.55. The molecule has 2 aromatic carbocycles. The van der Waals surface area contributed by atoms with Crippen molar-refractivity contribution in [2.45, 2.75) is 18.9 Å². The molecule has 1 aliphatic carbocycles. The molecular weight excluding hydrogens is 291 g/mol. The van der Waals surface area contributed by atoms with Gasteiger partial charge in [0.2, 0.25) is 0 Å². The number of hydrogen-bond acceptors (Lipinski definition) is 2. The zero-order chi connectivity index (χ0) is 14.6. The van der Waals surface area contributed by atoms with Crippen LogP contribution in [0.25, 0.3) is 22.4 Å². The molecular formula is C16H12ClFN2O. The van der Waals surface area contributed by atoms with Gasteiger partial charge in [0, 0.05) is 17.1 Å². The molecule has 0 radical (unpaired) electrons. The second kappa shape index (κ2) is 4.46. The summed E-state index contributed by atoms with van der Waals surface area (Å²) in [5.41, 5.74) is 2.12. The lowest BCUT2D eigenvalue weighted by atomic mass is 10.2. The Morgan fingerprint density at radius 3 is 2.71 bits per heavy atom. The van der Waals surface area contributed by atoms with Crippen LogP contribution in [0.2, 0.25) is 5.02 Å². The first-order valence-corrected chi connectivity index (χ1v) is 7.17. The Bertz CT molecular complexity index is 855. The number of benzene rings is 2. The van der Waals surface area contributed by atoms with Crippen molar-refractivity contribution in [3.63, 3.8) is 0 Å². The summed E-state index contributed by atoms with van der Waals surface area (Å²) in [5.74, 6) is 0.0268. The molecule has 4 rings (SSSR count). The van der Waals surface area contributed by atoms with E-state index in [1.165, 1.54) is 6.07 Å². The average Bonchev–Trinajstić information content (AvgIpc) is 3.20.